The fourth-order valence-corrected chi connectivity index (χ4v) is 3.01. The molecule has 0 N–H and O–H groups in total. The zero-order valence-corrected chi connectivity index (χ0v) is 16.9. The van der Waals surface area contributed by atoms with E-state index >= 15 is 0 Å². The second-order valence-electron chi connectivity index (χ2n) is 7.05. The summed E-state index contributed by atoms with van der Waals surface area (Å²) in [5.74, 6) is 1.28. The third-order valence-corrected chi connectivity index (χ3v) is 4.32. The van der Waals surface area contributed by atoms with Gasteiger partial charge in [0.2, 0.25) is 11.8 Å². The van der Waals surface area contributed by atoms with Gasteiger partial charge in [-0.15, -0.1) is 11.6 Å². The maximum atomic E-state index is 13.0. The fourth-order valence-electron chi connectivity index (χ4n) is 2.84. The van der Waals surface area contributed by atoms with E-state index in [1.165, 1.54) is 4.90 Å². The molecule has 0 aliphatic rings. The smallest absolute Gasteiger partial charge is 0.242 e. The molecule has 0 radical (unpaired) electrons. The second kappa shape index (κ2) is 10.2. The van der Waals surface area contributed by atoms with Crippen LogP contribution in [0.5, 0.6) is 0 Å². The maximum Gasteiger partial charge on any atom is 0.242 e. The molecule has 1 heterocycles. The number of alkyl halides is 1. The minimum atomic E-state index is -0.229. The van der Waals surface area contributed by atoms with Crippen molar-refractivity contribution in [1.29, 1.82) is 0 Å². The molecule has 6 heteroatoms. The molecule has 146 valence electrons. The van der Waals surface area contributed by atoms with E-state index in [2.05, 4.69) is 0 Å². The number of furan rings is 1. The molecule has 27 heavy (non-hydrogen) atoms. The van der Waals surface area contributed by atoms with E-state index in [0.717, 1.165) is 17.1 Å². The first-order valence-electron chi connectivity index (χ1n) is 9.09. The number of amides is 2. The van der Waals surface area contributed by atoms with E-state index in [9.17, 15) is 9.59 Å². The highest BCUT2D eigenvalue weighted by Crippen LogP contribution is 2.14. The number of benzene rings is 1. The summed E-state index contributed by atoms with van der Waals surface area (Å²) in [7, 11) is 0. The number of hydrogen-bond acceptors (Lipinski definition) is 3. The molecule has 1 aromatic carbocycles. The number of nitrogens with zero attached hydrogens (tertiary/aromatic N) is 2. The Morgan fingerprint density at radius 1 is 1.00 bits per heavy atom. The Labute approximate surface area is 165 Å². The van der Waals surface area contributed by atoms with Crippen molar-refractivity contribution >= 4 is 23.4 Å². The normalized spacial score (nSPS) is 10.9. The van der Waals surface area contributed by atoms with Gasteiger partial charge in [0.15, 0.2) is 0 Å². The van der Waals surface area contributed by atoms with E-state index in [0.29, 0.717) is 19.6 Å². The van der Waals surface area contributed by atoms with Crippen LogP contribution in [-0.4, -0.2) is 40.6 Å². The lowest BCUT2D eigenvalue weighted by Gasteiger charge is -2.28. The second-order valence-corrected chi connectivity index (χ2v) is 7.32. The van der Waals surface area contributed by atoms with E-state index in [1.807, 2.05) is 63.2 Å². The number of carbonyl (C=O) groups is 2. The summed E-state index contributed by atoms with van der Waals surface area (Å²) in [6.07, 6.45) is 0. The predicted molar refractivity (Wildman–Crippen MR) is 106 cm³/mol. The highest BCUT2D eigenvalue weighted by atomic mass is 35.5. The van der Waals surface area contributed by atoms with Crippen molar-refractivity contribution in [2.75, 3.05) is 19.0 Å². The number of carbonyl (C=O) groups excluding carboxylic acids is 2. The van der Waals surface area contributed by atoms with Crippen LogP contribution in [0.1, 0.15) is 30.9 Å². The summed E-state index contributed by atoms with van der Waals surface area (Å²) in [5.41, 5.74) is 1.02. The van der Waals surface area contributed by atoms with Gasteiger partial charge in [-0.3, -0.25) is 9.59 Å². The molecule has 0 bridgehead atoms. The summed E-state index contributed by atoms with van der Waals surface area (Å²) < 4.78 is 5.64. The number of aryl methyl sites for hydroxylation is 1. The summed E-state index contributed by atoms with van der Waals surface area (Å²) >= 11 is 5.72. The number of rotatable bonds is 9. The van der Waals surface area contributed by atoms with Crippen molar-refractivity contribution in [3.63, 3.8) is 0 Å². The van der Waals surface area contributed by atoms with E-state index in [1.54, 1.807) is 4.90 Å². The SMILES string of the molecule is Cc1ccc(CN(Cc2ccccc2)C(=O)CN(CC(C)C)C(=O)CCl)o1. The van der Waals surface area contributed by atoms with Crippen molar-refractivity contribution in [1.82, 2.24) is 9.80 Å². The summed E-state index contributed by atoms with van der Waals surface area (Å²) in [6, 6.07) is 13.5. The van der Waals surface area contributed by atoms with Crippen LogP contribution in [0.3, 0.4) is 0 Å². The summed E-state index contributed by atoms with van der Waals surface area (Å²) in [4.78, 5) is 28.4. The Hall–Kier alpha value is -2.27. The largest absolute Gasteiger partial charge is 0.464 e. The molecule has 0 atom stereocenters. The van der Waals surface area contributed by atoms with Crippen LogP contribution in [-0.2, 0) is 22.7 Å². The van der Waals surface area contributed by atoms with Crippen LogP contribution in [0.4, 0.5) is 0 Å². The molecule has 0 fully saturated rings. The van der Waals surface area contributed by atoms with Crippen LogP contribution in [0.15, 0.2) is 46.9 Å². The minimum Gasteiger partial charge on any atom is -0.464 e. The number of halogens is 1. The van der Waals surface area contributed by atoms with Gasteiger partial charge in [0.1, 0.15) is 17.4 Å². The highest BCUT2D eigenvalue weighted by molar-refractivity contribution is 6.27. The third kappa shape index (κ3) is 6.75. The van der Waals surface area contributed by atoms with Crippen LogP contribution in [0.25, 0.3) is 0 Å². The van der Waals surface area contributed by atoms with Crippen molar-refractivity contribution in [3.05, 3.63) is 59.5 Å². The van der Waals surface area contributed by atoms with Gasteiger partial charge in [0.25, 0.3) is 0 Å². The van der Waals surface area contributed by atoms with Gasteiger partial charge in [-0.1, -0.05) is 44.2 Å². The molecule has 2 rings (SSSR count). The van der Waals surface area contributed by atoms with Crippen molar-refractivity contribution < 1.29 is 14.0 Å². The van der Waals surface area contributed by atoms with Gasteiger partial charge in [0.05, 0.1) is 13.1 Å². The molecule has 0 saturated heterocycles. The molecule has 0 saturated carbocycles. The third-order valence-electron chi connectivity index (χ3n) is 4.09. The summed E-state index contributed by atoms with van der Waals surface area (Å²) in [6.45, 7) is 7.19. The molecule has 5 nitrogen and oxygen atoms in total. The van der Waals surface area contributed by atoms with Crippen molar-refractivity contribution in [2.45, 2.75) is 33.9 Å². The van der Waals surface area contributed by atoms with Crippen LogP contribution in [0.2, 0.25) is 0 Å². The van der Waals surface area contributed by atoms with Crippen LogP contribution < -0.4 is 0 Å². The Bertz CT molecular complexity index is 743. The standard InChI is InChI=1S/C21H27ClN2O3/c1-16(2)12-23(20(25)11-22)15-21(26)24(13-18-7-5-4-6-8-18)14-19-10-9-17(3)27-19/h4-10,16H,11-15H2,1-3H3. The lowest BCUT2D eigenvalue weighted by molar-refractivity contribution is -0.140. The number of hydrogen-bond donors (Lipinski definition) is 0. The van der Waals surface area contributed by atoms with Crippen molar-refractivity contribution in [2.24, 2.45) is 5.92 Å². The topological polar surface area (TPSA) is 53.8 Å². The van der Waals surface area contributed by atoms with Gasteiger partial charge in [-0.05, 0) is 30.5 Å². The average molecular weight is 391 g/mol. The van der Waals surface area contributed by atoms with E-state index < -0.39 is 0 Å². The molecule has 0 aliphatic heterocycles. The molecule has 2 amide bonds. The molecule has 2 aromatic rings. The molecular weight excluding hydrogens is 364 g/mol. The first kappa shape index (κ1) is 21.0. The van der Waals surface area contributed by atoms with Gasteiger partial charge in [-0.2, -0.15) is 0 Å². The fraction of sp³-hybridized carbons (Fsp3) is 0.429. The van der Waals surface area contributed by atoms with Crippen LogP contribution in [0, 0.1) is 12.8 Å². The van der Waals surface area contributed by atoms with Gasteiger partial charge in [0, 0.05) is 13.1 Å². The zero-order chi connectivity index (χ0) is 19.8. The van der Waals surface area contributed by atoms with Crippen molar-refractivity contribution in [3.8, 4) is 0 Å². The minimum absolute atomic E-state index is 0.0102. The lowest BCUT2D eigenvalue weighted by Crippen LogP contribution is -2.44. The lowest BCUT2D eigenvalue weighted by atomic mass is 10.2. The first-order chi connectivity index (χ1) is 12.9. The Kier molecular flexibility index (Phi) is 7.92. The van der Waals surface area contributed by atoms with Gasteiger partial charge in [-0.25, -0.2) is 0 Å². The highest BCUT2D eigenvalue weighted by Gasteiger charge is 2.22. The predicted octanol–water partition coefficient (Wildman–Crippen LogP) is 3.84. The van der Waals surface area contributed by atoms with E-state index in [4.69, 9.17) is 16.0 Å². The molecular formula is C21H27ClN2O3. The van der Waals surface area contributed by atoms with E-state index in [-0.39, 0.29) is 30.2 Å². The molecule has 0 aliphatic carbocycles. The Morgan fingerprint density at radius 2 is 1.70 bits per heavy atom. The molecule has 1 aromatic heterocycles. The average Bonchev–Trinajstić information content (AvgIpc) is 3.05. The molecule has 0 spiro atoms. The maximum absolute atomic E-state index is 13.0. The van der Waals surface area contributed by atoms with Gasteiger partial charge >= 0.3 is 0 Å². The first-order valence-corrected chi connectivity index (χ1v) is 9.63. The quantitative estimate of drug-likeness (QED) is 0.611. The Balaban J connectivity index is 2.16. The Morgan fingerprint density at radius 3 is 2.26 bits per heavy atom. The van der Waals surface area contributed by atoms with Crippen LogP contribution >= 0.6 is 11.6 Å². The summed E-state index contributed by atoms with van der Waals surface area (Å²) in [5, 5.41) is 0. The monoisotopic (exact) mass is 390 g/mol. The zero-order valence-electron chi connectivity index (χ0n) is 16.2. The molecule has 0 unspecified atom stereocenters. The van der Waals surface area contributed by atoms with Gasteiger partial charge < -0.3 is 14.2 Å².